The number of sulfonamides is 1. The van der Waals surface area contributed by atoms with Crippen LogP contribution >= 0.6 is 11.3 Å². The molecule has 1 amide bonds. The normalized spacial score (nSPS) is 11.5. The molecular weight excluding hydrogens is 454 g/mol. The van der Waals surface area contributed by atoms with E-state index in [0.29, 0.717) is 39.7 Å². The predicted molar refractivity (Wildman–Crippen MR) is 122 cm³/mol. The zero-order valence-electron chi connectivity index (χ0n) is 17.5. The van der Waals surface area contributed by atoms with Gasteiger partial charge in [-0.3, -0.25) is 9.52 Å². The van der Waals surface area contributed by atoms with Crippen LogP contribution in [0.1, 0.15) is 40.0 Å². The number of aryl methyl sites for hydroxylation is 1. The first-order valence-corrected chi connectivity index (χ1v) is 11.8. The van der Waals surface area contributed by atoms with E-state index in [1.54, 1.807) is 32.1 Å². The highest BCUT2D eigenvalue weighted by Crippen LogP contribution is 2.27. The predicted octanol–water partition coefficient (Wildman–Crippen LogP) is 4.15. The Morgan fingerprint density at radius 2 is 1.88 bits per heavy atom. The van der Waals surface area contributed by atoms with Gasteiger partial charge in [0, 0.05) is 17.0 Å². The second-order valence-corrected chi connectivity index (χ2v) is 9.60. The highest BCUT2D eigenvalue weighted by atomic mass is 32.2. The van der Waals surface area contributed by atoms with Crippen LogP contribution in [0, 0.1) is 6.92 Å². The van der Waals surface area contributed by atoms with Crippen molar-refractivity contribution in [3.05, 3.63) is 58.3 Å². The number of hydrogen-bond donors (Lipinski definition) is 2. The standard InChI is InChI=1S/C21H21N3O6S2/c1-4-18(25)22-20-13(2)23-30-17(20)11-9-16-10-12-19(31-16)32(27,28)24-15-7-5-14(6-8-15)21(26)29-3/h5-12,24H,4H2,1-3H3,(H,22,25)/b11-9+. The topological polar surface area (TPSA) is 128 Å². The molecule has 0 radical (unpaired) electrons. The molecule has 0 spiro atoms. The molecule has 2 aromatic heterocycles. The molecule has 0 aliphatic rings. The quantitative estimate of drug-likeness (QED) is 0.468. The van der Waals surface area contributed by atoms with Crippen LogP contribution in [0.5, 0.6) is 0 Å². The van der Waals surface area contributed by atoms with E-state index in [2.05, 4.69) is 19.9 Å². The lowest BCUT2D eigenvalue weighted by molar-refractivity contribution is -0.115. The van der Waals surface area contributed by atoms with Crippen LogP contribution in [0.2, 0.25) is 0 Å². The molecule has 0 unspecified atom stereocenters. The smallest absolute Gasteiger partial charge is 0.337 e. The summed E-state index contributed by atoms with van der Waals surface area (Å²) in [4.78, 5) is 23.8. The molecule has 32 heavy (non-hydrogen) atoms. The Labute approximate surface area is 189 Å². The number of thiophene rings is 1. The summed E-state index contributed by atoms with van der Waals surface area (Å²) in [5.41, 5.74) is 1.66. The van der Waals surface area contributed by atoms with Crippen LogP contribution in [-0.2, 0) is 19.6 Å². The first kappa shape index (κ1) is 23.2. The summed E-state index contributed by atoms with van der Waals surface area (Å²) in [6.07, 6.45) is 3.61. The molecule has 0 saturated heterocycles. The Bertz CT molecular complexity index is 1260. The number of nitrogens with one attached hydrogen (secondary N) is 2. The van der Waals surface area contributed by atoms with Crippen molar-refractivity contribution in [1.29, 1.82) is 0 Å². The van der Waals surface area contributed by atoms with Gasteiger partial charge in [-0.15, -0.1) is 11.3 Å². The number of esters is 1. The molecule has 3 aromatic rings. The van der Waals surface area contributed by atoms with Crippen LogP contribution in [0.4, 0.5) is 11.4 Å². The van der Waals surface area contributed by atoms with Gasteiger partial charge >= 0.3 is 5.97 Å². The zero-order valence-corrected chi connectivity index (χ0v) is 19.2. The van der Waals surface area contributed by atoms with Gasteiger partial charge < -0.3 is 14.6 Å². The third-order valence-electron chi connectivity index (χ3n) is 4.30. The number of ether oxygens (including phenoxy) is 1. The van der Waals surface area contributed by atoms with Gasteiger partial charge in [-0.05, 0) is 55.5 Å². The highest BCUT2D eigenvalue weighted by molar-refractivity contribution is 7.94. The molecule has 9 nitrogen and oxygen atoms in total. The number of carbonyl (C=O) groups is 2. The maximum atomic E-state index is 12.7. The monoisotopic (exact) mass is 475 g/mol. The summed E-state index contributed by atoms with van der Waals surface area (Å²) in [5, 5.41) is 6.60. The Hall–Kier alpha value is -3.44. The third kappa shape index (κ3) is 5.42. The number of aromatic nitrogens is 1. The van der Waals surface area contributed by atoms with Gasteiger partial charge in [0.25, 0.3) is 10.0 Å². The van der Waals surface area contributed by atoms with Crippen molar-refractivity contribution in [2.75, 3.05) is 17.1 Å². The van der Waals surface area contributed by atoms with Crippen molar-refractivity contribution in [2.24, 2.45) is 0 Å². The van der Waals surface area contributed by atoms with Crippen LogP contribution in [-0.4, -0.2) is 32.6 Å². The molecule has 2 N–H and O–H groups in total. The molecule has 0 atom stereocenters. The van der Waals surface area contributed by atoms with Crippen molar-refractivity contribution >= 4 is 56.8 Å². The molecule has 168 valence electrons. The van der Waals surface area contributed by atoms with E-state index in [0.717, 1.165) is 11.3 Å². The number of rotatable bonds is 8. The van der Waals surface area contributed by atoms with Crippen molar-refractivity contribution in [3.63, 3.8) is 0 Å². The average molecular weight is 476 g/mol. The van der Waals surface area contributed by atoms with Gasteiger partial charge in [0.1, 0.15) is 15.6 Å². The van der Waals surface area contributed by atoms with Crippen molar-refractivity contribution in [1.82, 2.24) is 5.16 Å². The second-order valence-electron chi connectivity index (χ2n) is 6.57. The minimum atomic E-state index is -3.81. The van der Waals surface area contributed by atoms with Gasteiger partial charge in [-0.25, -0.2) is 13.2 Å². The molecule has 0 saturated carbocycles. The fraction of sp³-hybridized carbons (Fsp3) is 0.190. The van der Waals surface area contributed by atoms with Crippen LogP contribution in [0.3, 0.4) is 0 Å². The highest BCUT2D eigenvalue weighted by Gasteiger charge is 2.18. The lowest BCUT2D eigenvalue weighted by Gasteiger charge is -2.06. The lowest BCUT2D eigenvalue weighted by atomic mass is 10.2. The summed E-state index contributed by atoms with van der Waals surface area (Å²) < 4.78 is 37.8. The molecule has 0 fully saturated rings. The third-order valence-corrected chi connectivity index (χ3v) is 7.22. The summed E-state index contributed by atoms with van der Waals surface area (Å²) in [6.45, 7) is 3.45. The van der Waals surface area contributed by atoms with Gasteiger partial charge in [0.2, 0.25) is 5.91 Å². The number of methoxy groups -OCH3 is 1. The Morgan fingerprint density at radius 3 is 2.53 bits per heavy atom. The number of amides is 1. The summed E-state index contributed by atoms with van der Waals surface area (Å²) in [6, 6.07) is 9.05. The molecule has 1 aromatic carbocycles. The maximum absolute atomic E-state index is 12.7. The Kier molecular flexibility index (Phi) is 7.11. The van der Waals surface area contributed by atoms with E-state index in [4.69, 9.17) is 4.52 Å². The van der Waals surface area contributed by atoms with Crippen LogP contribution in [0.25, 0.3) is 12.2 Å². The number of nitrogens with zero attached hydrogens (tertiary/aromatic N) is 1. The van der Waals surface area contributed by atoms with E-state index < -0.39 is 16.0 Å². The van der Waals surface area contributed by atoms with E-state index >= 15 is 0 Å². The molecule has 2 heterocycles. The number of benzene rings is 1. The lowest BCUT2D eigenvalue weighted by Crippen LogP contribution is -2.11. The Balaban J connectivity index is 1.74. The number of carbonyl (C=O) groups excluding carboxylic acids is 2. The number of anilines is 2. The van der Waals surface area contributed by atoms with E-state index in [1.165, 1.54) is 37.4 Å². The largest absolute Gasteiger partial charge is 0.465 e. The molecule has 0 aliphatic heterocycles. The summed E-state index contributed by atoms with van der Waals surface area (Å²) in [7, 11) is -2.54. The number of hydrogen-bond acceptors (Lipinski definition) is 8. The van der Waals surface area contributed by atoms with E-state index in [1.807, 2.05) is 0 Å². The second kappa shape index (κ2) is 9.79. The zero-order chi connectivity index (χ0) is 23.3. The minimum Gasteiger partial charge on any atom is -0.465 e. The fourth-order valence-electron chi connectivity index (χ4n) is 2.60. The molecule has 0 aliphatic carbocycles. The van der Waals surface area contributed by atoms with Gasteiger partial charge in [-0.1, -0.05) is 12.1 Å². The maximum Gasteiger partial charge on any atom is 0.337 e. The van der Waals surface area contributed by atoms with Crippen molar-refractivity contribution in [2.45, 2.75) is 24.5 Å². The van der Waals surface area contributed by atoms with E-state index in [9.17, 15) is 18.0 Å². The van der Waals surface area contributed by atoms with Gasteiger partial charge in [-0.2, -0.15) is 0 Å². The average Bonchev–Trinajstić information content (AvgIpc) is 3.39. The first-order valence-electron chi connectivity index (χ1n) is 9.48. The van der Waals surface area contributed by atoms with E-state index in [-0.39, 0.29) is 10.1 Å². The fourth-order valence-corrected chi connectivity index (χ4v) is 4.89. The minimum absolute atomic E-state index is 0.113. The van der Waals surface area contributed by atoms with Gasteiger partial charge in [0.05, 0.1) is 12.7 Å². The van der Waals surface area contributed by atoms with Crippen LogP contribution < -0.4 is 10.0 Å². The Morgan fingerprint density at radius 1 is 1.16 bits per heavy atom. The molecule has 3 rings (SSSR count). The SMILES string of the molecule is CCC(=O)Nc1c(C)noc1/C=C/c1ccc(S(=O)(=O)Nc2ccc(C(=O)OC)cc2)s1. The summed E-state index contributed by atoms with van der Waals surface area (Å²) in [5.74, 6) is -0.305. The molecule has 11 heteroatoms. The van der Waals surface area contributed by atoms with Gasteiger partial charge in [0.15, 0.2) is 5.76 Å². The molecular formula is C21H21N3O6S2. The molecule has 0 bridgehead atoms. The first-order chi connectivity index (χ1) is 15.2. The summed E-state index contributed by atoms with van der Waals surface area (Å²) >= 11 is 1.06. The van der Waals surface area contributed by atoms with Crippen molar-refractivity contribution < 1.29 is 27.3 Å². The van der Waals surface area contributed by atoms with Crippen LogP contribution in [0.15, 0.2) is 45.1 Å². The van der Waals surface area contributed by atoms with Crippen molar-refractivity contribution in [3.8, 4) is 0 Å².